The summed E-state index contributed by atoms with van der Waals surface area (Å²) >= 11 is 0. The Kier molecular flexibility index (Phi) is 9.58. The maximum atomic E-state index is 6.11. The van der Waals surface area contributed by atoms with Crippen molar-refractivity contribution in [1.82, 2.24) is 15.1 Å². The minimum Gasteiger partial charge on any atom is -0.379 e. The number of likely N-dealkylation sites (tertiary alicyclic amines) is 1. The summed E-state index contributed by atoms with van der Waals surface area (Å²) in [7, 11) is 0. The quantitative estimate of drug-likeness (QED) is 0.354. The maximum Gasteiger partial charge on any atom is 0.188 e. The lowest BCUT2D eigenvalue weighted by molar-refractivity contribution is 0.0376. The van der Waals surface area contributed by atoms with Gasteiger partial charge >= 0.3 is 0 Å². The molecular formula is C19H39N5O. The Labute approximate surface area is 154 Å². The van der Waals surface area contributed by atoms with Gasteiger partial charge in [-0.2, -0.15) is 0 Å². The molecule has 2 aliphatic rings. The highest BCUT2D eigenvalue weighted by atomic mass is 16.5. The molecule has 2 rings (SSSR count). The van der Waals surface area contributed by atoms with Crippen LogP contribution in [0.2, 0.25) is 0 Å². The molecule has 3 N–H and O–H groups in total. The number of nitrogens with zero attached hydrogens (tertiary/aromatic N) is 3. The van der Waals surface area contributed by atoms with E-state index in [-0.39, 0.29) is 0 Å². The Morgan fingerprint density at radius 2 is 1.80 bits per heavy atom. The first kappa shape index (κ1) is 20.5. The molecule has 1 atom stereocenters. The van der Waals surface area contributed by atoms with E-state index in [1.165, 1.54) is 38.8 Å². The molecule has 2 heterocycles. The summed E-state index contributed by atoms with van der Waals surface area (Å²) in [6.45, 7) is 13.7. The largest absolute Gasteiger partial charge is 0.379 e. The van der Waals surface area contributed by atoms with E-state index in [0.29, 0.717) is 12.0 Å². The van der Waals surface area contributed by atoms with Gasteiger partial charge in [0.05, 0.1) is 19.8 Å². The van der Waals surface area contributed by atoms with Crippen LogP contribution in [-0.4, -0.2) is 80.8 Å². The van der Waals surface area contributed by atoms with Crippen LogP contribution in [-0.2, 0) is 4.74 Å². The summed E-state index contributed by atoms with van der Waals surface area (Å²) in [6, 6.07) is 0.547. The van der Waals surface area contributed by atoms with Crippen molar-refractivity contribution in [3.8, 4) is 0 Å². The van der Waals surface area contributed by atoms with Gasteiger partial charge in [0.2, 0.25) is 0 Å². The highest BCUT2D eigenvalue weighted by Gasteiger charge is 2.27. The Balaban J connectivity index is 1.70. The predicted molar refractivity (Wildman–Crippen MR) is 105 cm³/mol. The monoisotopic (exact) mass is 353 g/mol. The number of hydrogen-bond acceptors (Lipinski definition) is 4. The summed E-state index contributed by atoms with van der Waals surface area (Å²) in [4.78, 5) is 9.76. The van der Waals surface area contributed by atoms with Gasteiger partial charge in [-0.1, -0.05) is 26.7 Å². The summed E-state index contributed by atoms with van der Waals surface area (Å²) in [5.74, 6) is 1.33. The van der Waals surface area contributed by atoms with Gasteiger partial charge in [0, 0.05) is 25.7 Å². The van der Waals surface area contributed by atoms with E-state index in [0.717, 1.165) is 58.3 Å². The number of guanidine groups is 1. The van der Waals surface area contributed by atoms with E-state index in [9.17, 15) is 0 Å². The minimum absolute atomic E-state index is 0.547. The second kappa shape index (κ2) is 11.7. The molecule has 0 aromatic carbocycles. The third-order valence-electron chi connectivity index (χ3n) is 5.71. The average Bonchev–Trinajstić information content (AvgIpc) is 3.17. The van der Waals surface area contributed by atoms with Crippen LogP contribution in [0.4, 0.5) is 0 Å². The fourth-order valence-corrected chi connectivity index (χ4v) is 4.06. The standard InChI is InChI=1S/C19H39N5O/c1-3-17(4-2)18(24-10-5-6-11-24)16-22-19(20)21-8-7-9-23-12-14-25-15-13-23/h17-18H,3-16H2,1-2H3,(H3,20,21,22). The van der Waals surface area contributed by atoms with Gasteiger partial charge in [-0.25, -0.2) is 0 Å². The number of hydrogen-bond donors (Lipinski definition) is 2. The van der Waals surface area contributed by atoms with Crippen molar-refractivity contribution in [3.63, 3.8) is 0 Å². The second-order valence-corrected chi connectivity index (χ2v) is 7.35. The second-order valence-electron chi connectivity index (χ2n) is 7.35. The molecule has 146 valence electrons. The number of morpholine rings is 1. The van der Waals surface area contributed by atoms with Crippen LogP contribution in [0.5, 0.6) is 0 Å². The van der Waals surface area contributed by atoms with E-state index in [2.05, 4.69) is 34.0 Å². The van der Waals surface area contributed by atoms with Gasteiger partial charge in [-0.3, -0.25) is 14.8 Å². The molecule has 6 nitrogen and oxygen atoms in total. The summed E-state index contributed by atoms with van der Waals surface area (Å²) in [5.41, 5.74) is 6.11. The number of aliphatic imine (C=N–C) groups is 1. The molecule has 0 bridgehead atoms. The van der Waals surface area contributed by atoms with Crippen molar-refractivity contribution in [1.29, 1.82) is 0 Å². The Morgan fingerprint density at radius 3 is 2.44 bits per heavy atom. The van der Waals surface area contributed by atoms with E-state index in [1.807, 2.05) is 0 Å². The van der Waals surface area contributed by atoms with Crippen LogP contribution in [0.15, 0.2) is 4.99 Å². The Bertz CT molecular complexity index is 372. The van der Waals surface area contributed by atoms with Crippen molar-refractivity contribution >= 4 is 5.96 Å². The van der Waals surface area contributed by atoms with Crippen LogP contribution in [0.25, 0.3) is 0 Å². The molecule has 2 fully saturated rings. The third kappa shape index (κ3) is 7.12. The minimum atomic E-state index is 0.547. The number of rotatable bonds is 10. The van der Waals surface area contributed by atoms with Gasteiger partial charge in [0.25, 0.3) is 0 Å². The molecule has 0 saturated carbocycles. The zero-order chi connectivity index (χ0) is 17.9. The van der Waals surface area contributed by atoms with Crippen LogP contribution in [0, 0.1) is 5.92 Å². The summed E-state index contributed by atoms with van der Waals surface area (Å²) in [6.07, 6.45) is 6.20. The molecule has 0 aliphatic carbocycles. The first-order valence-electron chi connectivity index (χ1n) is 10.3. The molecule has 0 amide bonds. The van der Waals surface area contributed by atoms with Gasteiger partial charge < -0.3 is 15.8 Å². The zero-order valence-corrected chi connectivity index (χ0v) is 16.4. The van der Waals surface area contributed by atoms with Crippen molar-refractivity contribution in [3.05, 3.63) is 0 Å². The molecule has 6 heteroatoms. The van der Waals surface area contributed by atoms with Gasteiger partial charge in [0.1, 0.15) is 0 Å². The van der Waals surface area contributed by atoms with E-state index in [4.69, 9.17) is 10.5 Å². The molecule has 0 spiro atoms. The first-order valence-corrected chi connectivity index (χ1v) is 10.3. The SMILES string of the molecule is CCC(CC)C(CN=C(N)NCCCN1CCOCC1)N1CCCC1. The van der Waals surface area contributed by atoms with Gasteiger partial charge in [-0.15, -0.1) is 0 Å². The normalized spacial score (nSPS) is 21.8. The predicted octanol–water partition coefficient (Wildman–Crippen LogP) is 1.51. The average molecular weight is 354 g/mol. The molecule has 25 heavy (non-hydrogen) atoms. The molecule has 0 aromatic heterocycles. The van der Waals surface area contributed by atoms with Crippen molar-refractivity contribution in [2.24, 2.45) is 16.6 Å². The zero-order valence-electron chi connectivity index (χ0n) is 16.4. The number of nitrogens with two attached hydrogens (primary N) is 1. The lowest BCUT2D eigenvalue weighted by atomic mass is 9.93. The van der Waals surface area contributed by atoms with Crippen molar-refractivity contribution < 1.29 is 4.74 Å². The first-order chi connectivity index (χ1) is 12.2. The molecule has 0 aromatic rings. The summed E-state index contributed by atoms with van der Waals surface area (Å²) in [5, 5.41) is 3.29. The van der Waals surface area contributed by atoms with E-state index in [1.54, 1.807) is 0 Å². The third-order valence-corrected chi connectivity index (χ3v) is 5.71. The number of nitrogens with one attached hydrogen (secondary N) is 1. The highest BCUT2D eigenvalue weighted by Crippen LogP contribution is 2.23. The topological polar surface area (TPSA) is 66.1 Å². The molecular weight excluding hydrogens is 314 g/mol. The van der Waals surface area contributed by atoms with Crippen LogP contribution in [0.3, 0.4) is 0 Å². The maximum absolute atomic E-state index is 6.11. The van der Waals surface area contributed by atoms with Gasteiger partial charge in [-0.05, 0) is 44.8 Å². The van der Waals surface area contributed by atoms with Crippen LogP contribution < -0.4 is 11.1 Å². The lowest BCUT2D eigenvalue weighted by Crippen LogP contribution is -2.42. The fourth-order valence-electron chi connectivity index (χ4n) is 4.06. The molecule has 2 aliphatic heterocycles. The van der Waals surface area contributed by atoms with E-state index < -0.39 is 0 Å². The van der Waals surface area contributed by atoms with E-state index >= 15 is 0 Å². The smallest absolute Gasteiger partial charge is 0.188 e. The molecule has 1 unspecified atom stereocenters. The Morgan fingerprint density at radius 1 is 1.12 bits per heavy atom. The van der Waals surface area contributed by atoms with Crippen molar-refractivity contribution in [2.75, 3.05) is 59.0 Å². The van der Waals surface area contributed by atoms with Crippen LogP contribution >= 0.6 is 0 Å². The number of ether oxygens (including phenoxy) is 1. The molecule has 2 saturated heterocycles. The lowest BCUT2D eigenvalue weighted by Gasteiger charge is -2.32. The van der Waals surface area contributed by atoms with Gasteiger partial charge in [0.15, 0.2) is 5.96 Å². The molecule has 0 radical (unpaired) electrons. The highest BCUT2D eigenvalue weighted by molar-refractivity contribution is 5.77. The fraction of sp³-hybridized carbons (Fsp3) is 0.947. The summed E-state index contributed by atoms with van der Waals surface area (Å²) < 4.78 is 5.38. The van der Waals surface area contributed by atoms with Crippen LogP contribution in [0.1, 0.15) is 46.0 Å². The van der Waals surface area contributed by atoms with Crippen molar-refractivity contribution in [2.45, 2.75) is 52.0 Å². The Hall–Kier alpha value is -0.850.